The standard InChI is InChI=1S/C13H11FN2O2S/c14-10-2-1-3-11(13(10)16(17)18)15-6-4-12-9(8-15)5-7-19-12/h1-3,5,7H,4,6,8H2. The molecule has 0 unspecified atom stereocenters. The van der Waals surface area contributed by atoms with Crippen LogP contribution in [-0.2, 0) is 13.0 Å². The van der Waals surface area contributed by atoms with Gasteiger partial charge in [0.05, 0.1) is 4.92 Å². The van der Waals surface area contributed by atoms with Gasteiger partial charge < -0.3 is 4.90 Å². The fourth-order valence-corrected chi connectivity index (χ4v) is 3.28. The van der Waals surface area contributed by atoms with Crippen LogP contribution in [0.2, 0.25) is 0 Å². The molecule has 0 atom stereocenters. The molecule has 3 rings (SSSR count). The van der Waals surface area contributed by atoms with Crippen molar-refractivity contribution < 1.29 is 9.31 Å². The molecule has 1 aromatic carbocycles. The summed E-state index contributed by atoms with van der Waals surface area (Å²) in [5.74, 6) is -0.779. The number of anilines is 1. The van der Waals surface area contributed by atoms with E-state index in [0.717, 1.165) is 12.5 Å². The minimum absolute atomic E-state index is 0.363. The summed E-state index contributed by atoms with van der Waals surface area (Å²) in [5.41, 5.74) is 1.11. The van der Waals surface area contributed by atoms with E-state index in [1.54, 1.807) is 17.4 Å². The van der Waals surface area contributed by atoms with E-state index in [1.165, 1.54) is 16.5 Å². The van der Waals surface area contributed by atoms with Crippen LogP contribution >= 0.6 is 11.3 Å². The third-order valence-corrected chi connectivity index (χ3v) is 4.32. The molecule has 1 aliphatic rings. The number of nitro benzene ring substituents is 1. The molecule has 0 saturated heterocycles. The van der Waals surface area contributed by atoms with E-state index in [2.05, 4.69) is 0 Å². The third kappa shape index (κ3) is 2.08. The average Bonchev–Trinajstić information content (AvgIpc) is 2.85. The van der Waals surface area contributed by atoms with Crippen LogP contribution in [0.25, 0.3) is 0 Å². The van der Waals surface area contributed by atoms with E-state index in [1.807, 2.05) is 16.3 Å². The zero-order valence-corrected chi connectivity index (χ0v) is 10.8. The maximum Gasteiger partial charge on any atom is 0.327 e. The minimum Gasteiger partial charge on any atom is -0.361 e. The van der Waals surface area contributed by atoms with Crippen molar-refractivity contribution in [2.45, 2.75) is 13.0 Å². The molecule has 98 valence electrons. The topological polar surface area (TPSA) is 46.4 Å². The largest absolute Gasteiger partial charge is 0.361 e. The fourth-order valence-electron chi connectivity index (χ4n) is 2.39. The number of thiophene rings is 1. The number of benzene rings is 1. The number of para-hydroxylation sites is 1. The lowest BCUT2D eigenvalue weighted by Crippen LogP contribution is -2.30. The number of rotatable bonds is 2. The number of nitro groups is 1. The predicted octanol–water partition coefficient (Wildman–Crippen LogP) is 3.36. The van der Waals surface area contributed by atoms with Crippen molar-refractivity contribution in [2.75, 3.05) is 11.4 Å². The van der Waals surface area contributed by atoms with Gasteiger partial charge in [-0.3, -0.25) is 10.1 Å². The molecule has 0 fully saturated rings. The zero-order valence-electron chi connectivity index (χ0n) is 10.0. The molecule has 0 aliphatic carbocycles. The van der Waals surface area contributed by atoms with Crippen LogP contribution in [0.3, 0.4) is 0 Å². The Morgan fingerprint density at radius 1 is 1.37 bits per heavy atom. The Balaban J connectivity index is 2.00. The van der Waals surface area contributed by atoms with Crippen molar-refractivity contribution in [1.29, 1.82) is 0 Å². The lowest BCUT2D eigenvalue weighted by atomic mass is 10.1. The Labute approximate surface area is 113 Å². The van der Waals surface area contributed by atoms with Crippen LogP contribution in [0.4, 0.5) is 15.8 Å². The monoisotopic (exact) mass is 278 g/mol. The molecule has 6 heteroatoms. The molecular formula is C13H11FN2O2S. The Morgan fingerprint density at radius 3 is 3.00 bits per heavy atom. The van der Waals surface area contributed by atoms with Crippen LogP contribution in [0.1, 0.15) is 10.4 Å². The van der Waals surface area contributed by atoms with E-state index in [4.69, 9.17) is 0 Å². The first-order valence-electron chi connectivity index (χ1n) is 5.90. The van der Waals surface area contributed by atoms with E-state index in [0.29, 0.717) is 18.8 Å². The summed E-state index contributed by atoms with van der Waals surface area (Å²) in [7, 11) is 0. The molecule has 4 nitrogen and oxygen atoms in total. The molecule has 0 N–H and O–H groups in total. The number of halogens is 1. The second-order valence-electron chi connectivity index (χ2n) is 4.41. The van der Waals surface area contributed by atoms with Crippen molar-refractivity contribution in [2.24, 2.45) is 0 Å². The molecule has 0 bridgehead atoms. The summed E-state index contributed by atoms with van der Waals surface area (Å²) in [4.78, 5) is 13.6. The van der Waals surface area contributed by atoms with Gasteiger partial charge in [-0.15, -0.1) is 11.3 Å². The van der Waals surface area contributed by atoms with Crippen LogP contribution in [0, 0.1) is 15.9 Å². The molecular weight excluding hydrogens is 267 g/mol. The quantitative estimate of drug-likeness (QED) is 0.625. The second-order valence-corrected chi connectivity index (χ2v) is 5.41. The van der Waals surface area contributed by atoms with Crippen LogP contribution < -0.4 is 4.90 Å². The number of nitrogens with zero attached hydrogens (tertiary/aromatic N) is 2. The Morgan fingerprint density at radius 2 is 2.21 bits per heavy atom. The highest BCUT2D eigenvalue weighted by molar-refractivity contribution is 7.10. The predicted molar refractivity (Wildman–Crippen MR) is 72.1 cm³/mol. The van der Waals surface area contributed by atoms with Crippen LogP contribution in [-0.4, -0.2) is 11.5 Å². The highest BCUT2D eigenvalue weighted by atomic mass is 32.1. The van der Waals surface area contributed by atoms with Crippen molar-refractivity contribution in [1.82, 2.24) is 0 Å². The van der Waals surface area contributed by atoms with Gasteiger partial charge in [-0.25, -0.2) is 0 Å². The number of fused-ring (bicyclic) bond motifs is 1. The fraction of sp³-hybridized carbons (Fsp3) is 0.231. The third-order valence-electron chi connectivity index (χ3n) is 3.30. The molecule has 0 radical (unpaired) electrons. The normalized spacial score (nSPS) is 14.3. The number of hydrogen-bond acceptors (Lipinski definition) is 4. The van der Waals surface area contributed by atoms with Gasteiger partial charge in [0.25, 0.3) is 0 Å². The SMILES string of the molecule is O=[N+]([O-])c1c(F)cccc1N1CCc2sccc2C1. The molecule has 0 spiro atoms. The van der Waals surface area contributed by atoms with Crippen molar-refractivity contribution in [3.63, 3.8) is 0 Å². The molecule has 2 heterocycles. The maximum absolute atomic E-state index is 13.6. The zero-order chi connectivity index (χ0) is 13.4. The molecule has 0 saturated carbocycles. The summed E-state index contributed by atoms with van der Waals surface area (Å²) >= 11 is 1.70. The summed E-state index contributed by atoms with van der Waals surface area (Å²) in [6.45, 7) is 1.28. The highest BCUT2D eigenvalue weighted by Crippen LogP contribution is 2.34. The van der Waals surface area contributed by atoms with Gasteiger partial charge in [0.15, 0.2) is 0 Å². The molecule has 2 aromatic rings. The summed E-state index contributed by atoms with van der Waals surface area (Å²) in [5, 5.41) is 13.0. The van der Waals surface area contributed by atoms with E-state index in [-0.39, 0.29) is 0 Å². The summed E-state index contributed by atoms with van der Waals surface area (Å²) in [6.07, 6.45) is 0.848. The summed E-state index contributed by atoms with van der Waals surface area (Å²) in [6, 6.07) is 6.28. The maximum atomic E-state index is 13.6. The van der Waals surface area contributed by atoms with Gasteiger partial charge in [0, 0.05) is 18.0 Å². The first-order chi connectivity index (χ1) is 9.16. The first kappa shape index (κ1) is 12.1. The Bertz CT molecular complexity index is 641. The Hall–Kier alpha value is -1.95. The van der Waals surface area contributed by atoms with Crippen molar-refractivity contribution in [3.05, 3.63) is 56.0 Å². The Kier molecular flexibility index (Phi) is 2.94. The average molecular weight is 278 g/mol. The van der Waals surface area contributed by atoms with E-state index in [9.17, 15) is 14.5 Å². The van der Waals surface area contributed by atoms with Crippen molar-refractivity contribution >= 4 is 22.7 Å². The van der Waals surface area contributed by atoms with Crippen LogP contribution in [0.5, 0.6) is 0 Å². The molecule has 19 heavy (non-hydrogen) atoms. The van der Waals surface area contributed by atoms with E-state index >= 15 is 0 Å². The smallest absolute Gasteiger partial charge is 0.327 e. The van der Waals surface area contributed by atoms with Gasteiger partial charge in [0.1, 0.15) is 5.69 Å². The second kappa shape index (κ2) is 4.62. The van der Waals surface area contributed by atoms with Crippen LogP contribution in [0.15, 0.2) is 29.6 Å². The van der Waals surface area contributed by atoms with Gasteiger partial charge in [0.2, 0.25) is 5.82 Å². The van der Waals surface area contributed by atoms with E-state index < -0.39 is 16.4 Å². The molecule has 1 aromatic heterocycles. The lowest BCUT2D eigenvalue weighted by molar-refractivity contribution is -0.386. The lowest BCUT2D eigenvalue weighted by Gasteiger charge is -2.28. The van der Waals surface area contributed by atoms with Gasteiger partial charge in [-0.1, -0.05) is 6.07 Å². The first-order valence-corrected chi connectivity index (χ1v) is 6.78. The molecule has 1 aliphatic heterocycles. The molecule has 0 amide bonds. The van der Waals surface area contributed by atoms with Gasteiger partial charge in [-0.05, 0) is 35.6 Å². The highest BCUT2D eigenvalue weighted by Gasteiger charge is 2.26. The van der Waals surface area contributed by atoms with Gasteiger partial charge in [-0.2, -0.15) is 4.39 Å². The minimum atomic E-state index is -0.779. The van der Waals surface area contributed by atoms with Gasteiger partial charge >= 0.3 is 5.69 Å². The van der Waals surface area contributed by atoms with Crippen molar-refractivity contribution in [3.8, 4) is 0 Å². The number of hydrogen-bond donors (Lipinski definition) is 0. The summed E-state index contributed by atoms with van der Waals surface area (Å²) < 4.78 is 13.6.